The van der Waals surface area contributed by atoms with E-state index in [9.17, 15) is 14.7 Å². The summed E-state index contributed by atoms with van der Waals surface area (Å²) in [6.07, 6.45) is 2.51. The van der Waals surface area contributed by atoms with E-state index >= 15 is 0 Å². The first-order valence-corrected chi connectivity index (χ1v) is 10.1. The molecule has 5 nitrogen and oxygen atoms in total. The molecule has 28 heavy (non-hydrogen) atoms. The Balaban J connectivity index is 1.73. The van der Waals surface area contributed by atoms with Crippen LogP contribution in [0.25, 0.3) is 21.7 Å². The van der Waals surface area contributed by atoms with E-state index in [1.54, 1.807) is 0 Å². The zero-order chi connectivity index (χ0) is 19.6. The molecule has 1 saturated carbocycles. The highest BCUT2D eigenvalue weighted by atomic mass is 32.1. The van der Waals surface area contributed by atoms with Gasteiger partial charge in [-0.3, -0.25) is 4.79 Å². The Bertz CT molecular complexity index is 936. The number of benzene rings is 2. The number of rotatable bonds is 5. The second kappa shape index (κ2) is 7.56. The van der Waals surface area contributed by atoms with Gasteiger partial charge in [0.25, 0.3) is 5.91 Å². The van der Waals surface area contributed by atoms with Crippen molar-refractivity contribution in [3.05, 3.63) is 65.7 Å². The number of hydrogen-bond donors (Lipinski definition) is 2. The van der Waals surface area contributed by atoms with Gasteiger partial charge in [0.1, 0.15) is 5.54 Å². The molecule has 0 bridgehead atoms. The van der Waals surface area contributed by atoms with Crippen LogP contribution in [0.4, 0.5) is 0 Å². The molecule has 2 N–H and O–H groups in total. The van der Waals surface area contributed by atoms with E-state index in [4.69, 9.17) is 0 Å². The molecule has 0 atom stereocenters. The third-order valence-electron chi connectivity index (χ3n) is 5.12. The first kappa shape index (κ1) is 18.4. The van der Waals surface area contributed by atoms with Crippen molar-refractivity contribution in [1.29, 1.82) is 0 Å². The standard InChI is InChI=1S/C22H20N2O3S/c25-19(24-22(21(26)27)13-7-8-14-22)20-23-17(15-9-3-1-4-10-15)18(28-20)16-11-5-2-6-12-16/h1-6,9-12H,7-8,13-14H2,(H,24,25)(H,26,27). The van der Waals surface area contributed by atoms with Gasteiger partial charge in [-0.2, -0.15) is 0 Å². The summed E-state index contributed by atoms with van der Waals surface area (Å²) in [5.41, 5.74) is 1.46. The first-order chi connectivity index (χ1) is 13.6. The van der Waals surface area contributed by atoms with Crippen LogP contribution in [0, 0.1) is 0 Å². The molecule has 0 saturated heterocycles. The van der Waals surface area contributed by atoms with E-state index in [0.717, 1.165) is 34.5 Å². The molecule has 2 aromatic carbocycles. The molecule has 1 aliphatic rings. The highest BCUT2D eigenvalue weighted by molar-refractivity contribution is 7.17. The Labute approximate surface area is 167 Å². The van der Waals surface area contributed by atoms with Gasteiger partial charge in [-0.05, 0) is 18.4 Å². The Hall–Kier alpha value is -2.99. The highest BCUT2D eigenvalue weighted by Crippen LogP contribution is 2.37. The van der Waals surface area contributed by atoms with Crippen molar-refractivity contribution < 1.29 is 14.7 Å². The summed E-state index contributed by atoms with van der Waals surface area (Å²) in [7, 11) is 0. The van der Waals surface area contributed by atoms with Crippen LogP contribution in [-0.2, 0) is 4.79 Å². The van der Waals surface area contributed by atoms with Crippen LogP contribution in [0.1, 0.15) is 35.5 Å². The zero-order valence-corrected chi connectivity index (χ0v) is 16.0. The van der Waals surface area contributed by atoms with Crippen molar-refractivity contribution in [1.82, 2.24) is 10.3 Å². The molecule has 6 heteroatoms. The van der Waals surface area contributed by atoms with Crippen LogP contribution in [-0.4, -0.2) is 27.5 Å². The van der Waals surface area contributed by atoms with E-state index in [0.29, 0.717) is 12.8 Å². The van der Waals surface area contributed by atoms with Crippen LogP contribution in [0.3, 0.4) is 0 Å². The number of nitrogens with zero attached hydrogens (tertiary/aromatic N) is 1. The van der Waals surface area contributed by atoms with Gasteiger partial charge in [-0.15, -0.1) is 11.3 Å². The summed E-state index contributed by atoms with van der Waals surface area (Å²) in [5, 5.41) is 12.7. The number of carboxylic acid groups (broad SMARTS) is 1. The maximum absolute atomic E-state index is 12.9. The minimum atomic E-state index is -1.18. The number of carbonyl (C=O) groups is 2. The van der Waals surface area contributed by atoms with Gasteiger partial charge < -0.3 is 10.4 Å². The van der Waals surface area contributed by atoms with E-state index in [1.807, 2.05) is 60.7 Å². The van der Waals surface area contributed by atoms with Crippen molar-refractivity contribution in [2.45, 2.75) is 31.2 Å². The van der Waals surface area contributed by atoms with Crippen LogP contribution in [0.15, 0.2) is 60.7 Å². The Morgan fingerprint density at radius 2 is 1.50 bits per heavy atom. The number of carbonyl (C=O) groups excluding carboxylic acids is 1. The Kier molecular flexibility index (Phi) is 4.96. The van der Waals surface area contributed by atoms with E-state index in [-0.39, 0.29) is 5.01 Å². The number of amides is 1. The van der Waals surface area contributed by atoms with E-state index in [1.165, 1.54) is 11.3 Å². The fourth-order valence-corrected chi connectivity index (χ4v) is 4.62. The van der Waals surface area contributed by atoms with Crippen LogP contribution < -0.4 is 5.32 Å². The SMILES string of the molecule is O=C(NC1(C(=O)O)CCCC1)c1nc(-c2ccccc2)c(-c2ccccc2)s1. The third kappa shape index (κ3) is 3.43. The number of nitrogens with one attached hydrogen (secondary N) is 1. The molecule has 0 spiro atoms. The van der Waals surface area contributed by atoms with Crippen molar-refractivity contribution >= 4 is 23.2 Å². The average Bonchev–Trinajstić information content (AvgIpc) is 3.37. The lowest BCUT2D eigenvalue weighted by molar-refractivity contribution is -0.144. The van der Waals surface area contributed by atoms with Crippen LogP contribution in [0.5, 0.6) is 0 Å². The summed E-state index contributed by atoms with van der Waals surface area (Å²) in [5.74, 6) is -1.39. The predicted molar refractivity (Wildman–Crippen MR) is 109 cm³/mol. The topological polar surface area (TPSA) is 79.3 Å². The second-order valence-corrected chi connectivity index (χ2v) is 7.98. The minimum Gasteiger partial charge on any atom is -0.480 e. The van der Waals surface area contributed by atoms with Gasteiger partial charge in [0.2, 0.25) is 0 Å². The van der Waals surface area contributed by atoms with E-state index in [2.05, 4.69) is 10.3 Å². The third-order valence-corrected chi connectivity index (χ3v) is 6.23. The first-order valence-electron chi connectivity index (χ1n) is 9.27. The van der Waals surface area contributed by atoms with Crippen molar-refractivity contribution in [3.63, 3.8) is 0 Å². The minimum absolute atomic E-state index is 0.283. The van der Waals surface area contributed by atoms with Gasteiger partial charge in [-0.25, -0.2) is 9.78 Å². The zero-order valence-electron chi connectivity index (χ0n) is 15.2. The maximum atomic E-state index is 12.9. The monoisotopic (exact) mass is 392 g/mol. The highest BCUT2D eigenvalue weighted by Gasteiger charge is 2.43. The van der Waals surface area contributed by atoms with Crippen molar-refractivity contribution in [3.8, 4) is 21.7 Å². The number of aromatic nitrogens is 1. The molecule has 3 aromatic rings. The molecule has 0 aliphatic heterocycles. The quantitative estimate of drug-likeness (QED) is 0.665. The fraction of sp³-hybridized carbons (Fsp3) is 0.227. The van der Waals surface area contributed by atoms with Crippen molar-refractivity contribution in [2.75, 3.05) is 0 Å². The molecule has 1 heterocycles. The normalized spacial score (nSPS) is 15.3. The lowest BCUT2D eigenvalue weighted by atomic mass is 9.98. The number of aliphatic carboxylic acids is 1. The smallest absolute Gasteiger partial charge is 0.329 e. The maximum Gasteiger partial charge on any atom is 0.329 e. The molecular formula is C22H20N2O3S. The molecule has 1 amide bonds. The summed E-state index contributed by atoms with van der Waals surface area (Å²) in [6.45, 7) is 0. The number of thiazole rings is 1. The summed E-state index contributed by atoms with van der Waals surface area (Å²) in [4.78, 5) is 30.2. The van der Waals surface area contributed by atoms with Gasteiger partial charge in [0.15, 0.2) is 5.01 Å². The van der Waals surface area contributed by atoms with Gasteiger partial charge in [-0.1, -0.05) is 73.5 Å². The summed E-state index contributed by atoms with van der Waals surface area (Å²) >= 11 is 1.29. The van der Waals surface area contributed by atoms with Gasteiger partial charge >= 0.3 is 5.97 Å². The molecule has 0 radical (unpaired) electrons. The summed E-state index contributed by atoms with van der Waals surface area (Å²) in [6, 6.07) is 19.5. The molecule has 4 rings (SSSR count). The summed E-state index contributed by atoms with van der Waals surface area (Å²) < 4.78 is 0. The molecule has 1 fully saturated rings. The fourth-order valence-electron chi connectivity index (χ4n) is 3.64. The average molecular weight is 392 g/mol. The molecule has 1 aromatic heterocycles. The number of hydrogen-bond acceptors (Lipinski definition) is 4. The van der Waals surface area contributed by atoms with Crippen molar-refractivity contribution in [2.24, 2.45) is 0 Å². The molecular weight excluding hydrogens is 372 g/mol. The Morgan fingerprint density at radius 3 is 2.07 bits per heavy atom. The van der Waals surface area contributed by atoms with Crippen LogP contribution >= 0.6 is 11.3 Å². The van der Waals surface area contributed by atoms with Gasteiger partial charge in [0.05, 0.1) is 10.6 Å². The second-order valence-electron chi connectivity index (χ2n) is 6.98. The number of carboxylic acids is 1. The van der Waals surface area contributed by atoms with Crippen LogP contribution in [0.2, 0.25) is 0 Å². The lowest BCUT2D eigenvalue weighted by Crippen LogP contribution is -2.52. The molecule has 1 aliphatic carbocycles. The van der Waals surface area contributed by atoms with Gasteiger partial charge in [0, 0.05) is 5.56 Å². The lowest BCUT2D eigenvalue weighted by Gasteiger charge is -2.24. The molecule has 142 valence electrons. The van der Waals surface area contributed by atoms with E-state index < -0.39 is 17.4 Å². The Morgan fingerprint density at radius 1 is 0.929 bits per heavy atom. The largest absolute Gasteiger partial charge is 0.480 e. The predicted octanol–water partition coefficient (Wildman–Crippen LogP) is 4.60. The molecule has 0 unspecified atom stereocenters.